The molecule has 0 bridgehead atoms. The molecule has 0 radical (unpaired) electrons. The Hall–Kier alpha value is -0.860. The van der Waals surface area contributed by atoms with Crippen molar-refractivity contribution in [2.24, 2.45) is 0 Å². The van der Waals surface area contributed by atoms with Crippen molar-refractivity contribution in [2.75, 3.05) is 20.6 Å². The van der Waals surface area contributed by atoms with Gasteiger partial charge in [0.2, 0.25) is 0 Å². The quantitative estimate of drug-likeness (QED) is 0.805. The number of benzene rings is 1. The summed E-state index contributed by atoms with van der Waals surface area (Å²) in [7, 11) is 4.28. The van der Waals surface area contributed by atoms with Crippen LogP contribution < -0.4 is 5.32 Å². The van der Waals surface area contributed by atoms with Crippen molar-refractivity contribution in [3.8, 4) is 0 Å². The standard InChI is InChI=1S/C17H30N2/c1-7-17(3,4)19(6)13-12-16(18-5)15-10-8-14(2)9-11-15/h8-11,16,18H,7,12-13H2,1-6H3. The molecule has 1 N–H and O–H groups in total. The molecule has 0 aliphatic heterocycles. The summed E-state index contributed by atoms with van der Waals surface area (Å²) >= 11 is 0. The lowest BCUT2D eigenvalue weighted by atomic mass is 9.97. The Kier molecular flexibility index (Phi) is 6.02. The summed E-state index contributed by atoms with van der Waals surface area (Å²) in [5.74, 6) is 0. The molecule has 1 aromatic carbocycles. The highest BCUT2D eigenvalue weighted by Gasteiger charge is 2.21. The van der Waals surface area contributed by atoms with Gasteiger partial charge >= 0.3 is 0 Å². The fourth-order valence-corrected chi connectivity index (χ4v) is 2.17. The molecule has 0 spiro atoms. The predicted molar refractivity (Wildman–Crippen MR) is 84.6 cm³/mol. The van der Waals surface area contributed by atoms with E-state index in [9.17, 15) is 0 Å². The van der Waals surface area contributed by atoms with Crippen LogP contribution in [0.2, 0.25) is 0 Å². The van der Waals surface area contributed by atoms with Crippen LogP contribution in [-0.4, -0.2) is 31.1 Å². The molecule has 0 heterocycles. The van der Waals surface area contributed by atoms with E-state index in [1.807, 2.05) is 0 Å². The van der Waals surface area contributed by atoms with Crippen molar-refractivity contribution in [1.82, 2.24) is 10.2 Å². The molecule has 1 rings (SSSR count). The first-order chi connectivity index (χ1) is 8.90. The first-order valence-corrected chi connectivity index (χ1v) is 7.35. The first-order valence-electron chi connectivity index (χ1n) is 7.35. The van der Waals surface area contributed by atoms with Crippen LogP contribution in [0.5, 0.6) is 0 Å². The summed E-state index contributed by atoms with van der Waals surface area (Å²) in [6.07, 6.45) is 2.32. The molecule has 1 aromatic rings. The van der Waals surface area contributed by atoms with Gasteiger partial charge in [0.15, 0.2) is 0 Å². The zero-order chi connectivity index (χ0) is 14.5. The predicted octanol–water partition coefficient (Wildman–Crippen LogP) is 3.77. The van der Waals surface area contributed by atoms with Crippen LogP contribution in [0.4, 0.5) is 0 Å². The summed E-state index contributed by atoms with van der Waals surface area (Å²) in [5.41, 5.74) is 2.99. The van der Waals surface area contributed by atoms with E-state index in [0.29, 0.717) is 6.04 Å². The van der Waals surface area contributed by atoms with Crippen LogP contribution in [0.15, 0.2) is 24.3 Å². The summed E-state index contributed by atoms with van der Waals surface area (Å²) in [4.78, 5) is 2.46. The van der Waals surface area contributed by atoms with E-state index in [2.05, 4.69) is 76.3 Å². The zero-order valence-electron chi connectivity index (χ0n) is 13.5. The molecule has 0 amide bonds. The Morgan fingerprint density at radius 2 is 1.79 bits per heavy atom. The fraction of sp³-hybridized carbons (Fsp3) is 0.647. The van der Waals surface area contributed by atoms with Gasteiger partial charge in [0, 0.05) is 18.1 Å². The highest BCUT2D eigenvalue weighted by molar-refractivity contribution is 5.24. The molecule has 1 unspecified atom stereocenters. The van der Waals surface area contributed by atoms with E-state index < -0.39 is 0 Å². The summed E-state index contributed by atoms with van der Waals surface area (Å²) in [6.45, 7) is 10.1. The largest absolute Gasteiger partial charge is 0.313 e. The molecule has 2 nitrogen and oxygen atoms in total. The van der Waals surface area contributed by atoms with Crippen LogP contribution in [0.1, 0.15) is 50.8 Å². The van der Waals surface area contributed by atoms with E-state index >= 15 is 0 Å². The molecule has 19 heavy (non-hydrogen) atoms. The second-order valence-electron chi connectivity index (χ2n) is 6.13. The van der Waals surface area contributed by atoms with Gasteiger partial charge in [-0.15, -0.1) is 0 Å². The summed E-state index contributed by atoms with van der Waals surface area (Å²) in [5, 5.41) is 3.44. The number of hydrogen-bond acceptors (Lipinski definition) is 2. The fourth-order valence-electron chi connectivity index (χ4n) is 2.17. The van der Waals surface area contributed by atoms with Gasteiger partial charge < -0.3 is 10.2 Å². The lowest BCUT2D eigenvalue weighted by Crippen LogP contribution is -2.41. The normalized spacial score (nSPS) is 13.8. The van der Waals surface area contributed by atoms with Crippen molar-refractivity contribution >= 4 is 0 Å². The molecular weight excluding hydrogens is 232 g/mol. The van der Waals surface area contributed by atoms with Crippen molar-refractivity contribution in [3.63, 3.8) is 0 Å². The lowest BCUT2D eigenvalue weighted by molar-refractivity contribution is 0.144. The highest BCUT2D eigenvalue weighted by Crippen LogP contribution is 2.21. The van der Waals surface area contributed by atoms with Crippen LogP contribution >= 0.6 is 0 Å². The van der Waals surface area contributed by atoms with Gasteiger partial charge in [-0.1, -0.05) is 36.8 Å². The molecule has 108 valence electrons. The summed E-state index contributed by atoms with van der Waals surface area (Å²) < 4.78 is 0. The van der Waals surface area contributed by atoms with Gasteiger partial charge in [-0.05, 0) is 53.3 Å². The Balaban J connectivity index is 2.61. The number of aryl methyl sites for hydroxylation is 1. The molecule has 0 saturated heterocycles. The summed E-state index contributed by atoms with van der Waals surface area (Å²) in [6, 6.07) is 9.30. The average molecular weight is 262 g/mol. The first kappa shape index (κ1) is 16.2. The van der Waals surface area contributed by atoms with Crippen LogP contribution in [0, 0.1) is 6.92 Å². The van der Waals surface area contributed by atoms with Gasteiger partial charge in [-0.25, -0.2) is 0 Å². The minimum Gasteiger partial charge on any atom is -0.313 e. The van der Waals surface area contributed by atoms with Crippen molar-refractivity contribution in [1.29, 1.82) is 0 Å². The SMILES string of the molecule is CCC(C)(C)N(C)CCC(NC)c1ccc(C)cc1. The van der Waals surface area contributed by atoms with Gasteiger partial charge in [-0.3, -0.25) is 0 Å². The van der Waals surface area contributed by atoms with Crippen LogP contribution in [0.3, 0.4) is 0 Å². The maximum absolute atomic E-state index is 3.44. The smallest absolute Gasteiger partial charge is 0.0329 e. The Labute approximate surface area is 119 Å². The Bertz CT molecular complexity index is 367. The van der Waals surface area contributed by atoms with E-state index in [-0.39, 0.29) is 5.54 Å². The topological polar surface area (TPSA) is 15.3 Å². The van der Waals surface area contributed by atoms with Gasteiger partial charge in [0.1, 0.15) is 0 Å². The second-order valence-corrected chi connectivity index (χ2v) is 6.13. The number of nitrogens with one attached hydrogen (secondary N) is 1. The molecule has 0 aliphatic rings. The third-order valence-electron chi connectivity index (χ3n) is 4.48. The van der Waals surface area contributed by atoms with Crippen LogP contribution in [-0.2, 0) is 0 Å². The highest BCUT2D eigenvalue weighted by atomic mass is 15.2. The molecular formula is C17H30N2. The number of rotatable bonds is 7. The molecule has 0 aromatic heterocycles. The van der Waals surface area contributed by atoms with E-state index in [0.717, 1.165) is 13.0 Å². The number of hydrogen-bond donors (Lipinski definition) is 1. The van der Waals surface area contributed by atoms with Gasteiger partial charge in [-0.2, -0.15) is 0 Å². The molecule has 0 fully saturated rings. The molecule has 1 atom stereocenters. The molecule has 0 aliphatic carbocycles. The van der Waals surface area contributed by atoms with Crippen molar-refractivity contribution in [3.05, 3.63) is 35.4 Å². The Morgan fingerprint density at radius 1 is 1.21 bits per heavy atom. The second kappa shape index (κ2) is 7.06. The monoisotopic (exact) mass is 262 g/mol. The minimum atomic E-state index is 0.283. The maximum atomic E-state index is 3.44. The van der Waals surface area contributed by atoms with Crippen molar-refractivity contribution < 1.29 is 0 Å². The van der Waals surface area contributed by atoms with E-state index in [1.54, 1.807) is 0 Å². The molecule has 2 heteroatoms. The van der Waals surface area contributed by atoms with E-state index in [4.69, 9.17) is 0 Å². The van der Waals surface area contributed by atoms with Crippen molar-refractivity contribution in [2.45, 2.75) is 52.1 Å². The molecule has 0 saturated carbocycles. The maximum Gasteiger partial charge on any atom is 0.0329 e. The van der Waals surface area contributed by atoms with Gasteiger partial charge in [0.05, 0.1) is 0 Å². The third kappa shape index (κ3) is 4.63. The van der Waals surface area contributed by atoms with Gasteiger partial charge in [0.25, 0.3) is 0 Å². The minimum absolute atomic E-state index is 0.283. The van der Waals surface area contributed by atoms with E-state index in [1.165, 1.54) is 17.5 Å². The van der Waals surface area contributed by atoms with Crippen LogP contribution in [0.25, 0.3) is 0 Å². The average Bonchev–Trinajstić information content (AvgIpc) is 2.41. The third-order valence-corrected chi connectivity index (χ3v) is 4.48. The zero-order valence-corrected chi connectivity index (χ0v) is 13.5. The lowest BCUT2D eigenvalue weighted by Gasteiger charge is -2.35. The number of nitrogens with zero attached hydrogens (tertiary/aromatic N) is 1. The Morgan fingerprint density at radius 3 is 2.26 bits per heavy atom.